The van der Waals surface area contributed by atoms with E-state index in [-0.39, 0.29) is 11.9 Å². The smallest absolute Gasteiger partial charge is 0.309 e. The van der Waals surface area contributed by atoms with Gasteiger partial charge >= 0.3 is 5.97 Å². The lowest BCUT2D eigenvalue weighted by atomic mass is 9.97. The average molecular weight is 292 g/mol. The SMILES string of the molecule is CCCCCCOC(=O)C(CC)Cc1ccc(OC)cc1. The van der Waals surface area contributed by atoms with Crippen LogP contribution in [0.1, 0.15) is 51.5 Å². The van der Waals surface area contributed by atoms with Gasteiger partial charge < -0.3 is 9.47 Å². The van der Waals surface area contributed by atoms with E-state index < -0.39 is 0 Å². The predicted octanol–water partition coefficient (Wildman–Crippen LogP) is 4.39. The van der Waals surface area contributed by atoms with Gasteiger partial charge in [0.25, 0.3) is 0 Å². The van der Waals surface area contributed by atoms with Crippen LogP contribution in [0.25, 0.3) is 0 Å². The first-order valence-corrected chi connectivity index (χ1v) is 8.00. The molecule has 1 rings (SSSR count). The van der Waals surface area contributed by atoms with Crippen molar-refractivity contribution in [1.82, 2.24) is 0 Å². The van der Waals surface area contributed by atoms with E-state index in [0.29, 0.717) is 6.61 Å². The van der Waals surface area contributed by atoms with Crippen LogP contribution in [0, 0.1) is 5.92 Å². The Morgan fingerprint density at radius 2 is 1.81 bits per heavy atom. The van der Waals surface area contributed by atoms with E-state index in [1.165, 1.54) is 12.8 Å². The standard InChI is InChI=1S/C18H28O3/c1-4-6-7-8-13-21-18(19)16(5-2)14-15-9-11-17(20-3)12-10-15/h9-12,16H,4-8,13-14H2,1-3H3. The van der Waals surface area contributed by atoms with Crippen molar-refractivity contribution in [3.63, 3.8) is 0 Å². The Bertz CT molecular complexity index is 397. The number of methoxy groups -OCH3 is 1. The van der Waals surface area contributed by atoms with Gasteiger partial charge in [-0.05, 0) is 37.0 Å². The minimum Gasteiger partial charge on any atom is -0.497 e. The van der Waals surface area contributed by atoms with E-state index in [4.69, 9.17) is 9.47 Å². The highest BCUT2D eigenvalue weighted by Gasteiger charge is 2.18. The lowest BCUT2D eigenvalue weighted by Crippen LogP contribution is -2.20. The second-order valence-electron chi connectivity index (χ2n) is 5.39. The molecule has 1 unspecified atom stereocenters. The predicted molar refractivity (Wildman–Crippen MR) is 85.6 cm³/mol. The normalized spacial score (nSPS) is 12.0. The number of hydrogen-bond acceptors (Lipinski definition) is 3. The molecule has 0 saturated heterocycles. The van der Waals surface area contributed by atoms with E-state index in [2.05, 4.69) is 6.92 Å². The van der Waals surface area contributed by atoms with Gasteiger partial charge in [0.2, 0.25) is 0 Å². The lowest BCUT2D eigenvalue weighted by Gasteiger charge is -2.14. The molecule has 0 spiro atoms. The molecule has 1 atom stereocenters. The minimum atomic E-state index is -0.0650. The van der Waals surface area contributed by atoms with Crippen LogP contribution in [0.3, 0.4) is 0 Å². The summed E-state index contributed by atoms with van der Waals surface area (Å²) in [7, 11) is 1.65. The minimum absolute atomic E-state index is 0.0513. The molecular formula is C18H28O3. The zero-order valence-electron chi connectivity index (χ0n) is 13.6. The molecule has 21 heavy (non-hydrogen) atoms. The van der Waals surface area contributed by atoms with Crippen molar-refractivity contribution in [2.75, 3.05) is 13.7 Å². The van der Waals surface area contributed by atoms with Crippen molar-refractivity contribution in [1.29, 1.82) is 0 Å². The lowest BCUT2D eigenvalue weighted by molar-refractivity contribution is -0.148. The summed E-state index contributed by atoms with van der Waals surface area (Å²) in [6.07, 6.45) is 6.05. The van der Waals surface area contributed by atoms with Gasteiger partial charge in [-0.25, -0.2) is 0 Å². The third kappa shape index (κ3) is 6.65. The number of ether oxygens (including phenoxy) is 2. The molecule has 0 saturated carbocycles. The van der Waals surface area contributed by atoms with Crippen LogP contribution >= 0.6 is 0 Å². The number of unbranched alkanes of at least 4 members (excludes halogenated alkanes) is 3. The van der Waals surface area contributed by atoms with Crippen LogP contribution in [0.2, 0.25) is 0 Å². The average Bonchev–Trinajstić information content (AvgIpc) is 2.52. The zero-order valence-corrected chi connectivity index (χ0v) is 13.6. The summed E-state index contributed by atoms with van der Waals surface area (Å²) in [6, 6.07) is 7.88. The Balaban J connectivity index is 2.39. The molecule has 0 amide bonds. The van der Waals surface area contributed by atoms with Gasteiger partial charge in [0, 0.05) is 0 Å². The topological polar surface area (TPSA) is 35.5 Å². The molecule has 1 aromatic carbocycles. The molecule has 1 aromatic rings. The number of esters is 1. The fourth-order valence-corrected chi connectivity index (χ4v) is 2.26. The Morgan fingerprint density at radius 3 is 2.38 bits per heavy atom. The van der Waals surface area contributed by atoms with E-state index in [9.17, 15) is 4.79 Å². The first-order chi connectivity index (χ1) is 10.2. The van der Waals surface area contributed by atoms with Crippen molar-refractivity contribution in [2.24, 2.45) is 5.92 Å². The maximum atomic E-state index is 12.1. The Hall–Kier alpha value is -1.51. The first kappa shape index (κ1) is 17.5. The van der Waals surface area contributed by atoms with Crippen LogP contribution in [-0.4, -0.2) is 19.7 Å². The van der Waals surface area contributed by atoms with Crippen molar-refractivity contribution in [3.8, 4) is 5.75 Å². The Labute approximate surface area is 128 Å². The van der Waals surface area contributed by atoms with Crippen molar-refractivity contribution >= 4 is 5.97 Å². The van der Waals surface area contributed by atoms with Crippen LogP contribution in [-0.2, 0) is 16.0 Å². The number of rotatable bonds is 10. The molecule has 0 N–H and O–H groups in total. The summed E-state index contributed by atoms with van der Waals surface area (Å²) in [4.78, 5) is 12.1. The van der Waals surface area contributed by atoms with Gasteiger partial charge in [-0.3, -0.25) is 4.79 Å². The van der Waals surface area contributed by atoms with Gasteiger partial charge in [-0.1, -0.05) is 45.2 Å². The monoisotopic (exact) mass is 292 g/mol. The molecule has 3 nitrogen and oxygen atoms in total. The van der Waals surface area contributed by atoms with Gasteiger partial charge in [0.05, 0.1) is 19.6 Å². The molecule has 118 valence electrons. The van der Waals surface area contributed by atoms with Crippen molar-refractivity contribution < 1.29 is 14.3 Å². The second-order valence-corrected chi connectivity index (χ2v) is 5.39. The quantitative estimate of drug-likeness (QED) is 0.474. The van der Waals surface area contributed by atoms with Crippen molar-refractivity contribution in [2.45, 2.75) is 52.4 Å². The maximum absolute atomic E-state index is 12.1. The third-order valence-corrected chi connectivity index (χ3v) is 3.71. The van der Waals surface area contributed by atoms with E-state index in [1.54, 1.807) is 7.11 Å². The number of carbonyl (C=O) groups is 1. The number of carbonyl (C=O) groups excluding carboxylic acids is 1. The zero-order chi connectivity index (χ0) is 15.5. The highest BCUT2D eigenvalue weighted by atomic mass is 16.5. The molecule has 0 fully saturated rings. The summed E-state index contributed by atoms with van der Waals surface area (Å²) in [5.41, 5.74) is 1.14. The van der Waals surface area contributed by atoms with Crippen molar-refractivity contribution in [3.05, 3.63) is 29.8 Å². The number of benzene rings is 1. The highest BCUT2D eigenvalue weighted by molar-refractivity contribution is 5.72. The maximum Gasteiger partial charge on any atom is 0.309 e. The largest absolute Gasteiger partial charge is 0.497 e. The van der Waals surface area contributed by atoms with E-state index >= 15 is 0 Å². The molecular weight excluding hydrogens is 264 g/mol. The van der Waals surface area contributed by atoms with Crippen LogP contribution in [0.5, 0.6) is 5.75 Å². The van der Waals surface area contributed by atoms with Crippen LogP contribution in [0.4, 0.5) is 0 Å². The van der Waals surface area contributed by atoms with Gasteiger partial charge in [-0.15, -0.1) is 0 Å². The summed E-state index contributed by atoms with van der Waals surface area (Å²) < 4.78 is 10.5. The first-order valence-electron chi connectivity index (χ1n) is 8.00. The van der Waals surface area contributed by atoms with Crippen LogP contribution in [0.15, 0.2) is 24.3 Å². The molecule has 0 heterocycles. The molecule has 3 heteroatoms. The summed E-state index contributed by atoms with van der Waals surface area (Å²) in [5, 5.41) is 0. The third-order valence-electron chi connectivity index (χ3n) is 3.71. The number of hydrogen-bond donors (Lipinski definition) is 0. The molecule has 0 aliphatic rings. The fraction of sp³-hybridized carbons (Fsp3) is 0.611. The molecule has 0 aliphatic carbocycles. The molecule has 0 aliphatic heterocycles. The summed E-state index contributed by atoms with van der Waals surface area (Å²) in [6.45, 7) is 4.76. The van der Waals surface area contributed by atoms with E-state index in [1.807, 2.05) is 31.2 Å². The highest BCUT2D eigenvalue weighted by Crippen LogP contribution is 2.17. The molecule has 0 bridgehead atoms. The Morgan fingerprint density at radius 1 is 1.10 bits per heavy atom. The summed E-state index contributed by atoms with van der Waals surface area (Å²) >= 11 is 0. The van der Waals surface area contributed by atoms with Gasteiger partial charge in [0.1, 0.15) is 5.75 Å². The van der Waals surface area contributed by atoms with Gasteiger partial charge in [0.15, 0.2) is 0 Å². The van der Waals surface area contributed by atoms with Gasteiger partial charge in [-0.2, -0.15) is 0 Å². The fourth-order valence-electron chi connectivity index (χ4n) is 2.26. The molecule has 0 aromatic heterocycles. The summed E-state index contributed by atoms with van der Waals surface area (Å²) in [5.74, 6) is 0.722. The van der Waals surface area contributed by atoms with E-state index in [0.717, 1.165) is 37.0 Å². The van der Waals surface area contributed by atoms with Crippen LogP contribution < -0.4 is 4.74 Å². The second kappa shape index (κ2) is 10.3. The molecule has 0 radical (unpaired) electrons. The Kier molecular flexibility index (Phi) is 8.56.